The van der Waals surface area contributed by atoms with E-state index in [0.29, 0.717) is 38.9 Å². The van der Waals surface area contributed by atoms with Gasteiger partial charge in [0.15, 0.2) is 11.0 Å². The Bertz CT molecular complexity index is 1320. The molecule has 1 aliphatic carbocycles. The van der Waals surface area contributed by atoms with E-state index < -0.39 is 5.97 Å². The van der Waals surface area contributed by atoms with Crippen LogP contribution in [0.5, 0.6) is 5.75 Å². The van der Waals surface area contributed by atoms with Crippen LogP contribution in [0.25, 0.3) is 0 Å². The molecule has 3 aromatic rings. The molecule has 202 valence electrons. The van der Waals surface area contributed by atoms with Gasteiger partial charge in [-0.25, -0.2) is 4.79 Å². The summed E-state index contributed by atoms with van der Waals surface area (Å²) in [6.45, 7) is 6.42. The Morgan fingerprint density at radius 1 is 1.24 bits per heavy atom. The average molecular weight is 575 g/mol. The minimum atomic E-state index is -0.405. The summed E-state index contributed by atoms with van der Waals surface area (Å²) < 4.78 is 12.8. The molecule has 0 spiro atoms. The highest BCUT2D eigenvalue weighted by atomic mass is 35.5. The fourth-order valence-corrected chi connectivity index (χ4v) is 6.50. The number of rotatable bonds is 10. The summed E-state index contributed by atoms with van der Waals surface area (Å²) in [5, 5.41) is 13.3. The lowest BCUT2D eigenvalue weighted by molar-refractivity contribution is -0.113. The number of allylic oxidation sites excluding steroid dienone is 1. The van der Waals surface area contributed by atoms with Crippen LogP contribution >= 0.6 is 34.7 Å². The van der Waals surface area contributed by atoms with Crippen LogP contribution in [0.1, 0.15) is 57.9 Å². The van der Waals surface area contributed by atoms with Crippen molar-refractivity contribution in [3.8, 4) is 5.75 Å². The number of hydrogen-bond donors (Lipinski definition) is 1. The number of halogens is 1. The van der Waals surface area contributed by atoms with Crippen molar-refractivity contribution < 1.29 is 19.1 Å². The summed E-state index contributed by atoms with van der Waals surface area (Å²) in [5.41, 5.74) is 2.45. The van der Waals surface area contributed by atoms with E-state index in [2.05, 4.69) is 22.1 Å². The van der Waals surface area contributed by atoms with Gasteiger partial charge in [0.2, 0.25) is 5.91 Å². The molecule has 0 fully saturated rings. The molecule has 1 amide bonds. The topological polar surface area (TPSA) is 95.3 Å². The number of anilines is 1. The monoisotopic (exact) mass is 574 g/mol. The second kappa shape index (κ2) is 13.3. The van der Waals surface area contributed by atoms with Gasteiger partial charge >= 0.3 is 5.97 Å². The molecule has 0 aliphatic heterocycles. The standard InChI is InChI=1S/C27H31ClN4O4S2/c1-4-13-32-22(15-36-18-11-12-20(28)17(2)14-18)30-31-27(32)37-16-23(33)29-25-24(26(34)35-3)19-9-7-5-6-8-10-21(19)38-25/h4,11-12,14H,1,5-10,13,15-16H2,2-3H3,(H,29,33). The molecule has 0 saturated carbocycles. The van der Waals surface area contributed by atoms with Crippen LogP contribution in [0.2, 0.25) is 5.02 Å². The highest BCUT2D eigenvalue weighted by Crippen LogP contribution is 2.37. The van der Waals surface area contributed by atoms with Gasteiger partial charge in [0.05, 0.1) is 18.4 Å². The summed E-state index contributed by atoms with van der Waals surface area (Å²) in [5.74, 6) is 0.774. The van der Waals surface area contributed by atoms with Crippen molar-refractivity contribution in [2.75, 3.05) is 18.2 Å². The predicted molar refractivity (Wildman–Crippen MR) is 152 cm³/mol. The number of aryl methyl sites for hydroxylation is 2. The zero-order valence-corrected chi connectivity index (χ0v) is 23.9. The maximum absolute atomic E-state index is 13.0. The van der Waals surface area contributed by atoms with Gasteiger partial charge in [-0.1, -0.05) is 42.3 Å². The molecule has 0 unspecified atom stereocenters. The Balaban J connectivity index is 1.43. The van der Waals surface area contributed by atoms with Crippen LogP contribution < -0.4 is 10.1 Å². The van der Waals surface area contributed by atoms with Crippen molar-refractivity contribution in [2.24, 2.45) is 0 Å². The number of carbonyl (C=O) groups is 2. The van der Waals surface area contributed by atoms with E-state index in [1.165, 1.54) is 41.5 Å². The molecular formula is C27H31ClN4O4S2. The lowest BCUT2D eigenvalue weighted by atomic mass is 9.96. The van der Waals surface area contributed by atoms with Crippen molar-refractivity contribution >= 4 is 51.6 Å². The summed E-state index contributed by atoms with van der Waals surface area (Å²) in [7, 11) is 1.37. The van der Waals surface area contributed by atoms with Gasteiger partial charge in [0, 0.05) is 16.4 Å². The molecule has 38 heavy (non-hydrogen) atoms. The molecule has 4 rings (SSSR count). The number of nitrogens with one attached hydrogen (secondary N) is 1. The third-order valence-electron chi connectivity index (χ3n) is 6.25. The van der Waals surface area contributed by atoms with Crippen LogP contribution in [-0.4, -0.2) is 39.5 Å². The number of aromatic nitrogens is 3. The first-order valence-electron chi connectivity index (χ1n) is 12.5. The van der Waals surface area contributed by atoms with E-state index in [-0.39, 0.29) is 18.3 Å². The first kappa shape index (κ1) is 28.2. The largest absolute Gasteiger partial charge is 0.486 e. The number of ether oxygens (including phenoxy) is 2. The summed E-state index contributed by atoms with van der Waals surface area (Å²) in [4.78, 5) is 26.7. The Morgan fingerprint density at radius 3 is 2.76 bits per heavy atom. The third kappa shape index (κ3) is 6.78. The number of fused-ring (bicyclic) bond motifs is 1. The summed E-state index contributed by atoms with van der Waals surface area (Å²) in [6.07, 6.45) is 7.92. The van der Waals surface area contributed by atoms with Crippen LogP contribution in [0.15, 0.2) is 36.0 Å². The van der Waals surface area contributed by atoms with Crippen LogP contribution in [-0.2, 0) is 35.5 Å². The molecular weight excluding hydrogens is 544 g/mol. The Hall–Kier alpha value is -2.82. The van der Waals surface area contributed by atoms with E-state index in [1.807, 2.05) is 17.6 Å². The van der Waals surface area contributed by atoms with E-state index >= 15 is 0 Å². The first-order valence-corrected chi connectivity index (χ1v) is 14.7. The number of methoxy groups -OCH3 is 1. The zero-order chi connectivity index (χ0) is 27.1. The Labute approximate surface area is 235 Å². The lowest BCUT2D eigenvalue weighted by Crippen LogP contribution is -2.17. The van der Waals surface area contributed by atoms with Crippen molar-refractivity contribution in [3.05, 3.63) is 63.3 Å². The highest BCUT2D eigenvalue weighted by molar-refractivity contribution is 7.99. The summed E-state index contributed by atoms with van der Waals surface area (Å²) >= 11 is 8.85. The van der Waals surface area contributed by atoms with Crippen molar-refractivity contribution in [1.29, 1.82) is 0 Å². The third-order valence-corrected chi connectivity index (χ3v) is 8.85. The van der Waals surface area contributed by atoms with Gasteiger partial charge < -0.3 is 14.8 Å². The van der Waals surface area contributed by atoms with Crippen LogP contribution in [0, 0.1) is 6.92 Å². The molecule has 1 aliphatic rings. The molecule has 8 nitrogen and oxygen atoms in total. The second-order valence-electron chi connectivity index (χ2n) is 8.95. The predicted octanol–water partition coefficient (Wildman–Crippen LogP) is 6.24. The molecule has 1 aromatic carbocycles. The number of thiophene rings is 1. The normalized spacial score (nSPS) is 13.2. The molecule has 0 radical (unpaired) electrons. The SMILES string of the molecule is C=CCn1c(COc2ccc(Cl)c(C)c2)nnc1SCC(=O)Nc1sc2c(c1C(=O)OC)CCCCCC2. The number of hydrogen-bond acceptors (Lipinski definition) is 8. The number of amides is 1. The molecule has 1 N–H and O–H groups in total. The minimum absolute atomic E-state index is 0.107. The molecule has 2 heterocycles. The molecule has 0 atom stereocenters. The number of nitrogens with zero attached hydrogens (tertiary/aromatic N) is 3. The van der Waals surface area contributed by atoms with Crippen LogP contribution in [0.3, 0.4) is 0 Å². The van der Waals surface area contributed by atoms with Gasteiger partial charge in [-0.2, -0.15) is 0 Å². The number of esters is 1. The van der Waals surface area contributed by atoms with Crippen LogP contribution in [0.4, 0.5) is 5.00 Å². The average Bonchev–Trinajstić information content (AvgIpc) is 3.43. The maximum Gasteiger partial charge on any atom is 0.341 e. The Kier molecular flexibility index (Phi) is 9.87. The number of thioether (sulfide) groups is 1. The fraction of sp³-hybridized carbons (Fsp3) is 0.407. The first-order chi connectivity index (χ1) is 18.4. The van der Waals surface area contributed by atoms with E-state index in [1.54, 1.807) is 18.2 Å². The van der Waals surface area contributed by atoms with Gasteiger partial charge in [-0.3, -0.25) is 9.36 Å². The van der Waals surface area contributed by atoms with Gasteiger partial charge in [0.25, 0.3) is 0 Å². The second-order valence-corrected chi connectivity index (χ2v) is 11.4. The van der Waals surface area contributed by atoms with Gasteiger partial charge in [0.1, 0.15) is 17.4 Å². The van der Waals surface area contributed by atoms with E-state index in [0.717, 1.165) is 43.2 Å². The van der Waals surface area contributed by atoms with Gasteiger partial charge in [-0.15, -0.1) is 28.1 Å². The molecule has 0 saturated heterocycles. The number of carbonyl (C=O) groups excluding carboxylic acids is 2. The van der Waals surface area contributed by atoms with Crippen molar-refractivity contribution in [3.63, 3.8) is 0 Å². The fourth-order valence-electron chi connectivity index (χ4n) is 4.32. The van der Waals surface area contributed by atoms with E-state index in [4.69, 9.17) is 21.1 Å². The lowest BCUT2D eigenvalue weighted by Gasteiger charge is -2.11. The minimum Gasteiger partial charge on any atom is -0.486 e. The number of benzene rings is 1. The molecule has 11 heteroatoms. The Morgan fingerprint density at radius 2 is 2.03 bits per heavy atom. The highest BCUT2D eigenvalue weighted by Gasteiger charge is 2.26. The van der Waals surface area contributed by atoms with E-state index in [9.17, 15) is 9.59 Å². The smallest absolute Gasteiger partial charge is 0.341 e. The summed E-state index contributed by atoms with van der Waals surface area (Å²) in [6, 6.07) is 5.46. The molecule has 0 bridgehead atoms. The van der Waals surface area contributed by atoms with Crippen molar-refractivity contribution in [1.82, 2.24) is 14.8 Å². The van der Waals surface area contributed by atoms with Crippen molar-refractivity contribution in [2.45, 2.75) is 63.8 Å². The maximum atomic E-state index is 13.0. The zero-order valence-electron chi connectivity index (χ0n) is 21.5. The quantitative estimate of drug-likeness (QED) is 0.174. The molecule has 2 aromatic heterocycles. The van der Waals surface area contributed by atoms with Gasteiger partial charge in [-0.05, 0) is 61.9 Å².